The number of imidazole rings is 1. The molecule has 2 aromatic rings. The van der Waals surface area contributed by atoms with Crippen molar-refractivity contribution in [2.45, 2.75) is 26.4 Å². The van der Waals surface area contributed by atoms with Gasteiger partial charge in [0.1, 0.15) is 0 Å². The fourth-order valence-electron chi connectivity index (χ4n) is 2.63. The molecule has 19 heavy (non-hydrogen) atoms. The average Bonchev–Trinajstić information content (AvgIpc) is 2.83. The van der Waals surface area contributed by atoms with E-state index in [4.69, 9.17) is 5.73 Å². The number of rotatable bonds is 3. The van der Waals surface area contributed by atoms with Gasteiger partial charge >= 0.3 is 0 Å². The SMILES string of the molecule is Cc1ccc(N2CCn3cnc(CCN)c3C2)cc1. The van der Waals surface area contributed by atoms with E-state index in [2.05, 4.69) is 45.6 Å². The Bertz CT molecular complexity index is 556. The molecule has 0 fully saturated rings. The van der Waals surface area contributed by atoms with Gasteiger partial charge in [0.2, 0.25) is 0 Å². The van der Waals surface area contributed by atoms with Crippen molar-refractivity contribution in [1.29, 1.82) is 0 Å². The summed E-state index contributed by atoms with van der Waals surface area (Å²) in [6.45, 7) is 5.75. The van der Waals surface area contributed by atoms with Crippen LogP contribution in [0, 0.1) is 6.92 Å². The van der Waals surface area contributed by atoms with Gasteiger partial charge in [0.05, 0.1) is 24.3 Å². The Balaban J connectivity index is 1.84. The maximum Gasteiger partial charge on any atom is 0.0952 e. The molecule has 2 N–H and O–H groups in total. The van der Waals surface area contributed by atoms with Crippen molar-refractivity contribution in [2.75, 3.05) is 18.0 Å². The van der Waals surface area contributed by atoms with Crippen molar-refractivity contribution in [3.63, 3.8) is 0 Å². The van der Waals surface area contributed by atoms with E-state index < -0.39 is 0 Å². The predicted octanol–water partition coefficient (Wildman–Crippen LogP) is 1.71. The van der Waals surface area contributed by atoms with Gasteiger partial charge in [-0.3, -0.25) is 0 Å². The number of aryl methyl sites for hydroxylation is 1. The van der Waals surface area contributed by atoms with Gasteiger partial charge in [-0.05, 0) is 25.6 Å². The Hall–Kier alpha value is -1.81. The van der Waals surface area contributed by atoms with Crippen LogP contribution in [-0.4, -0.2) is 22.6 Å². The van der Waals surface area contributed by atoms with Crippen LogP contribution < -0.4 is 10.6 Å². The largest absolute Gasteiger partial charge is 0.364 e. The molecule has 0 unspecified atom stereocenters. The van der Waals surface area contributed by atoms with Gasteiger partial charge in [-0.25, -0.2) is 4.98 Å². The molecular formula is C15H20N4. The molecule has 0 atom stereocenters. The van der Waals surface area contributed by atoms with Crippen molar-refractivity contribution in [3.05, 3.63) is 47.5 Å². The first-order chi connectivity index (χ1) is 9.28. The number of benzene rings is 1. The average molecular weight is 256 g/mol. The first-order valence-electron chi connectivity index (χ1n) is 6.82. The minimum atomic E-state index is 0.661. The molecule has 1 aromatic heterocycles. The summed E-state index contributed by atoms with van der Waals surface area (Å²) in [5, 5.41) is 0. The zero-order valence-corrected chi connectivity index (χ0v) is 11.3. The molecule has 1 aliphatic heterocycles. The lowest BCUT2D eigenvalue weighted by molar-refractivity contribution is 0.567. The Labute approximate surface area is 113 Å². The van der Waals surface area contributed by atoms with Crippen LogP contribution >= 0.6 is 0 Å². The zero-order chi connectivity index (χ0) is 13.2. The molecule has 3 rings (SSSR count). The van der Waals surface area contributed by atoms with Crippen LogP contribution in [0.15, 0.2) is 30.6 Å². The summed E-state index contributed by atoms with van der Waals surface area (Å²) in [6.07, 6.45) is 2.82. The van der Waals surface area contributed by atoms with E-state index in [1.807, 2.05) is 6.33 Å². The van der Waals surface area contributed by atoms with E-state index in [1.54, 1.807) is 0 Å². The molecule has 100 valence electrons. The number of nitrogens with zero attached hydrogens (tertiary/aromatic N) is 3. The smallest absolute Gasteiger partial charge is 0.0952 e. The quantitative estimate of drug-likeness (QED) is 0.909. The molecule has 0 saturated carbocycles. The number of fused-ring (bicyclic) bond motifs is 1. The third-order valence-electron chi connectivity index (χ3n) is 3.76. The number of hydrogen-bond donors (Lipinski definition) is 1. The Morgan fingerprint density at radius 3 is 2.74 bits per heavy atom. The Morgan fingerprint density at radius 1 is 1.21 bits per heavy atom. The van der Waals surface area contributed by atoms with E-state index in [9.17, 15) is 0 Å². The lowest BCUT2D eigenvalue weighted by Crippen LogP contribution is -2.33. The zero-order valence-electron chi connectivity index (χ0n) is 11.3. The van der Waals surface area contributed by atoms with Gasteiger partial charge in [0.15, 0.2) is 0 Å². The molecule has 4 heteroatoms. The molecule has 0 saturated heterocycles. The van der Waals surface area contributed by atoms with Crippen LogP contribution in [0.2, 0.25) is 0 Å². The molecule has 2 heterocycles. The van der Waals surface area contributed by atoms with Crippen LogP contribution in [-0.2, 0) is 19.5 Å². The van der Waals surface area contributed by atoms with E-state index >= 15 is 0 Å². The summed E-state index contributed by atoms with van der Waals surface area (Å²) in [7, 11) is 0. The van der Waals surface area contributed by atoms with Gasteiger partial charge in [-0.15, -0.1) is 0 Å². The molecule has 0 amide bonds. The topological polar surface area (TPSA) is 47.1 Å². The van der Waals surface area contributed by atoms with Gasteiger partial charge in [-0.2, -0.15) is 0 Å². The Morgan fingerprint density at radius 2 is 2.00 bits per heavy atom. The highest BCUT2D eigenvalue weighted by Gasteiger charge is 2.19. The summed E-state index contributed by atoms with van der Waals surface area (Å²) in [5.74, 6) is 0. The first-order valence-corrected chi connectivity index (χ1v) is 6.82. The van der Waals surface area contributed by atoms with Gasteiger partial charge in [0, 0.05) is 25.2 Å². The highest BCUT2D eigenvalue weighted by Crippen LogP contribution is 2.23. The lowest BCUT2D eigenvalue weighted by Gasteiger charge is -2.30. The van der Waals surface area contributed by atoms with E-state index in [1.165, 1.54) is 16.9 Å². The van der Waals surface area contributed by atoms with Crippen molar-refractivity contribution in [3.8, 4) is 0 Å². The lowest BCUT2D eigenvalue weighted by atomic mass is 10.1. The van der Waals surface area contributed by atoms with Crippen LogP contribution in [0.25, 0.3) is 0 Å². The fraction of sp³-hybridized carbons (Fsp3) is 0.400. The predicted molar refractivity (Wildman–Crippen MR) is 77.2 cm³/mol. The van der Waals surface area contributed by atoms with E-state index in [0.717, 1.165) is 31.7 Å². The van der Waals surface area contributed by atoms with Crippen LogP contribution in [0.4, 0.5) is 5.69 Å². The molecule has 0 spiro atoms. The van der Waals surface area contributed by atoms with Crippen molar-refractivity contribution < 1.29 is 0 Å². The third kappa shape index (κ3) is 2.36. The molecular weight excluding hydrogens is 236 g/mol. The minimum Gasteiger partial charge on any atom is -0.364 e. The second kappa shape index (κ2) is 5.05. The minimum absolute atomic E-state index is 0.661. The van der Waals surface area contributed by atoms with Crippen LogP contribution in [0.5, 0.6) is 0 Å². The van der Waals surface area contributed by atoms with Crippen LogP contribution in [0.3, 0.4) is 0 Å². The number of hydrogen-bond acceptors (Lipinski definition) is 3. The van der Waals surface area contributed by atoms with E-state index in [-0.39, 0.29) is 0 Å². The van der Waals surface area contributed by atoms with Crippen molar-refractivity contribution in [1.82, 2.24) is 9.55 Å². The molecule has 4 nitrogen and oxygen atoms in total. The van der Waals surface area contributed by atoms with Crippen molar-refractivity contribution >= 4 is 5.69 Å². The normalized spacial score (nSPS) is 14.5. The number of aromatic nitrogens is 2. The summed E-state index contributed by atoms with van der Waals surface area (Å²) in [5.41, 5.74) is 10.7. The highest BCUT2D eigenvalue weighted by molar-refractivity contribution is 5.48. The number of nitrogens with two attached hydrogens (primary N) is 1. The summed E-state index contributed by atoms with van der Waals surface area (Å²) >= 11 is 0. The summed E-state index contributed by atoms with van der Waals surface area (Å²) in [6, 6.07) is 8.73. The monoisotopic (exact) mass is 256 g/mol. The van der Waals surface area contributed by atoms with Gasteiger partial charge < -0.3 is 15.2 Å². The molecule has 0 radical (unpaired) electrons. The van der Waals surface area contributed by atoms with E-state index in [0.29, 0.717) is 6.54 Å². The second-order valence-corrected chi connectivity index (χ2v) is 5.13. The summed E-state index contributed by atoms with van der Waals surface area (Å²) in [4.78, 5) is 6.90. The standard InChI is InChI=1S/C15H20N4/c1-12-2-4-13(5-3-12)18-8-9-19-11-17-14(6-7-16)15(19)10-18/h2-5,11H,6-10,16H2,1H3. The van der Waals surface area contributed by atoms with Gasteiger partial charge in [-0.1, -0.05) is 17.7 Å². The second-order valence-electron chi connectivity index (χ2n) is 5.13. The molecule has 0 aliphatic carbocycles. The Kier molecular flexibility index (Phi) is 3.25. The summed E-state index contributed by atoms with van der Waals surface area (Å²) < 4.78 is 2.26. The fourth-order valence-corrected chi connectivity index (χ4v) is 2.63. The maximum atomic E-state index is 5.65. The third-order valence-corrected chi connectivity index (χ3v) is 3.76. The highest BCUT2D eigenvalue weighted by atomic mass is 15.2. The van der Waals surface area contributed by atoms with Crippen molar-refractivity contribution in [2.24, 2.45) is 5.73 Å². The van der Waals surface area contributed by atoms with Crippen LogP contribution in [0.1, 0.15) is 17.0 Å². The van der Waals surface area contributed by atoms with Gasteiger partial charge in [0.25, 0.3) is 0 Å². The number of anilines is 1. The first kappa shape index (κ1) is 12.2. The molecule has 0 bridgehead atoms. The molecule has 1 aliphatic rings. The molecule has 1 aromatic carbocycles. The maximum absolute atomic E-state index is 5.65.